The minimum absolute atomic E-state index is 0.181. The summed E-state index contributed by atoms with van der Waals surface area (Å²) in [5, 5.41) is 16.6. The van der Waals surface area contributed by atoms with Crippen LogP contribution in [0.15, 0.2) is 0 Å². The lowest BCUT2D eigenvalue weighted by atomic mass is 10.1. The van der Waals surface area contributed by atoms with Crippen LogP contribution in [0.5, 0.6) is 0 Å². The van der Waals surface area contributed by atoms with E-state index in [2.05, 4.69) is 0 Å². The zero-order chi connectivity index (χ0) is 5.70. The van der Waals surface area contributed by atoms with Crippen molar-refractivity contribution in [1.82, 2.24) is 0 Å². The summed E-state index contributed by atoms with van der Waals surface area (Å²) in [6, 6.07) is 0. The fourth-order valence-electron chi connectivity index (χ4n) is 0.312. The van der Waals surface area contributed by atoms with Crippen molar-refractivity contribution in [1.29, 1.82) is 0 Å². The van der Waals surface area contributed by atoms with Crippen LogP contribution >= 0.6 is 0 Å². The summed E-state index contributed by atoms with van der Waals surface area (Å²) in [5.74, 6) is 0.255. The second-order valence-electron chi connectivity index (χ2n) is 1.80. The Bertz CT molecular complexity index is 37.1. The Morgan fingerprint density at radius 2 is 2.00 bits per heavy atom. The Morgan fingerprint density at radius 1 is 1.43 bits per heavy atom. The highest BCUT2D eigenvalue weighted by Crippen LogP contribution is 1.96. The molecule has 0 rings (SSSR count). The van der Waals surface area contributed by atoms with E-state index in [9.17, 15) is 0 Å². The van der Waals surface area contributed by atoms with Gasteiger partial charge in [0.05, 0.1) is 0 Å². The van der Waals surface area contributed by atoms with Crippen LogP contribution in [0.1, 0.15) is 13.3 Å². The van der Waals surface area contributed by atoms with Gasteiger partial charge in [0.1, 0.15) is 0 Å². The first-order valence-electron chi connectivity index (χ1n) is 2.53. The SMILES string of the molecule is CC(CO)CCO. The summed E-state index contributed by atoms with van der Waals surface area (Å²) in [5.41, 5.74) is 0. The number of aliphatic hydroxyl groups is 2. The lowest BCUT2D eigenvalue weighted by molar-refractivity contribution is 0.194. The van der Waals surface area contributed by atoms with Gasteiger partial charge in [0.25, 0.3) is 0 Å². The molecule has 0 aromatic rings. The molecule has 0 aromatic carbocycles. The van der Waals surface area contributed by atoms with Crippen LogP contribution in [-0.4, -0.2) is 23.4 Å². The predicted molar refractivity (Wildman–Crippen MR) is 28.0 cm³/mol. The molecular weight excluding hydrogens is 92.1 g/mol. The average molecular weight is 104 g/mol. The first-order chi connectivity index (χ1) is 3.31. The fraction of sp³-hybridized carbons (Fsp3) is 1.00. The Labute approximate surface area is 43.8 Å². The summed E-state index contributed by atoms with van der Waals surface area (Å²) in [6.07, 6.45) is 0.705. The molecule has 0 aromatic heterocycles. The Morgan fingerprint density at radius 3 is 2.14 bits per heavy atom. The highest BCUT2D eigenvalue weighted by atomic mass is 16.3. The van der Waals surface area contributed by atoms with Gasteiger partial charge in [-0.25, -0.2) is 0 Å². The Hall–Kier alpha value is -0.0800. The Balaban J connectivity index is 2.83. The number of aliphatic hydroxyl groups excluding tert-OH is 2. The lowest BCUT2D eigenvalue weighted by Gasteiger charge is -2.01. The molecule has 0 aliphatic carbocycles. The van der Waals surface area contributed by atoms with Crippen molar-refractivity contribution in [2.24, 2.45) is 5.92 Å². The molecule has 1 unspecified atom stereocenters. The second kappa shape index (κ2) is 4.09. The van der Waals surface area contributed by atoms with Crippen molar-refractivity contribution in [2.75, 3.05) is 13.2 Å². The third-order valence-electron chi connectivity index (χ3n) is 0.934. The van der Waals surface area contributed by atoms with Gasteiger partial charge in [0.2, 0.25) is 0 Å². The zero-order valence-corrected chi connectivity index (χ0v) is 4.59. The van der Waals surface area contributed by atoms with Crippen LogP contribution in [0.25, 0.3) is 0 Å². The molecule has 7 heavy (non-hydrogen) atoms. The molecule has 0 bridgehead atoms. The summed E-state index contributed by atoms with van der Waals surface area (Å²) in [4.78, 5) is 0. The molecular formula is C5H12O2. The molecule has 0 heterocycles. The minimum atomic E-state index is 0.181. The van der Waals surface area contributed by atoms with E-state index in [-0.39, 0.29) is 19.1 Å². The predicted octanol–water partition coefficient (Wildman–Crippen LogP) is -0.00280. The van der Waals surface area contributed by atoms with E-state index in [1.807, 2.05) is 6.92 Å². The molecule has 0 amide bonds. The van der Waals surface area contributed by atoms with E-state index in [0.29, 0.717) is 6.42 Å². The van der Waals surface area contributed by atoms with Gasteiger partial charge in [-0.3, -0.25) is 0 Å². The van der Waals surface area contributed by atoms with Gasteiger partial charge in [0, 0.05) is 13.2 Å². The highest BCUT2D eigenvalue weighted by molar-refractivity contribution is 4.45. The molecule has 2 nitrogen and oxygen atoms in total. The molecule has 2 N–H and O–H groups in total. The van der Waals surface area contributed by atoms with Crippen molar-refractivity contribution in [3.05, 3.63) is 0 Å². The maximum atomic E-state index is 8.35. The quantitative estimate of drug-likeness (QED) is 0.529. The molecule has 0 spiro atoms. The number of hydrogen-bond acceptors (Lipinski definition) is 2. The smallest absolute Gasteiger partial charge is 0.0457 e. The van der Waals surface area contributed by atoms with Crippen molar-refractivity contribution in [3.63, 3.8) is 0 Å². The normalized spacial score (nSPS) is 14.1. The fourth-order valence-corrected chi connectivity index (χ4v) is 0.312. The standard InChI is InChI=1S/C5H12O2/c1-5(4-7)2-3-6/h5-7H,2-4H2,1H3. The highest BCUT2D eigenvalue weighted by Gasteiger charge is 1.94. The molecule has 0 saturated heterocycles. The van der Waals surface area contributed by atoms with Crippen LogP contribution in [0.2, 0.25) is 0 Å². The second-order valence-corrected chi connectivity index (χ2v) is 1.80. The van der Waals surface area contributed by atoms with Gasteiger partial charge < -0.3 is 10.2 Å². The molecule has 2 heteroatoms. The van der Waals surface area contributed by atoms with E-state index in [0.717, 1.165) is 0 Å². The van der Waals surface area contributed by atoms with Crippen molar-refractivity contribution < 1.29 is 10.2 Å². The maximum Gasteiger partial charge on any atom is 0.0457 e. The van der Waals surface area contributed by atoms with Gasteiger partial charge in [-0.05, 0) is 12.3 Å². The van der Waals surface area contributed by atoms with E-state index < -0.39 is 0 Å². The Kier molecular flexibility index (Phi) is 4.04. The first-order valence-corrected chi connectivity index (χ1v) is 2.53. The third-order valence-corrected chi connectivity index (χ3v) is 0.934. The van der Waals surface area contributed by atoms with Crippen LogP contribution < -0.4 is 0 Å². The zero-order valence-electron chi connectivity index (χ0n) is 4.59. The van der Waals surface area contributed by atoms with Crippen LogP contribution in [0.4, 0.5) is 0 Å². The summed E-state index contributed by atoms with van der Waals surface area (Å²) in [6.45, 7) is 2.26. The largest absolute Gasteiger partial charge is 0.396 e. The van der Waals surface area contributed by atoms with Crippen molar-refractivity contribution in [3.8, 4) is 0 Å². The number of rotatable bonds is 3. The topological polar surface area (TPSA) is 40.5 Å². The molecule has 0 aliphatic heterocycles. The van der Waals surface area contributed by atoms with Gasteiger partial charge in [-0.15, -0.1) is 0 Å². The third kappa shape index (κ3) is 3.76. The maximum absolute atomic E-state index is 8.35. The molecule has 0 fully saturated rings. The van der Waals surface area contributed by atoms with Gasteiger partial charge in [-0.2, -0.15) is 0 Å². The average Bonchev–Trinajstić information content (AvgIpc) is 1.68. The van der Waals surface area contributed by atoms with Gasteiger partial charge in [-0.1, -0.05) is 6.92 Å². The van der Waals surface area contributed by atoms with Gasteiger partial charge >= 0.3 is 0 Å². The van der Waals surface area contributed by atoms with E-state index >= 15 is 0 Å². The minimum Gasteiger partial charge on any atom is -0.396 e. The first kappa shape index (κ1) is 6.92. The van der Waals surface area contributed by atoms with Crippen molar-refractivity contribution >= 4 is 0 Å². The van der Waals surface area contributed by atoms with Crippen LogP contribution in [-0.2, 0) is 0 Å². The van der Waals surface area contributed by atoms with E-state index in [1.54, 1.807) is 0 Å². The van der Waals surface area contributed by atoms with Crippen molar-refractivity contribution in [2.45, 2.75) is 13.3 Å². The van der Waals surface area contributed by atoms with E-state index in [1.165, 1.54) is 0 Å². The van der Waals surface area contributed by atoms with E-state index in [4.69, 9.17) is 10.2 Å². The van der Waals surface area contributed by atoms with Gasteiger partial charge in [0.15, 0.2) is 0 Å². The van der Waals surface area contributed by atoms with Crippen LogP contribution in [0.3, 0.4) is 0 Å². The molecule has 0 aliphatic rings. The monoisotopic (exact) mass is 104 g/mol. The summed E-state index contributed by atoms with van der Waals surface area (Å²) >= 11 is 0. The number of hydrogen-bond donors (Lipinski definition) is 2. The lowest BCUT2D eigenvalue weighted by Crippen LogP contribution is -2.01. The molecule has 1 atom stereocenters. The molecule has 0 saturated carbocycles. The molecule has 0 radical (unpaired) electrons. The summed E-state index contributed by atoms with van der Waals surface area (Å²) in [7, 11) is 0. The molecule has 44 valence electrons. The summed E-state index contributed by atoms with van der Waals surface area (Å²) < 4.78 is 0. The van der Waals surface area contributed by atoms with Crippen LogP contribution in [0, 0.1) is 5.92 Å².